The molecule has 0 spiro atoms. The van der Waals surface area contributed by atoms with E-state index < -0.39 is 12.0 Å². The van der Waals surface area contributed by atoms with Gasteiger partial charge >= 0.3 is 5.97 Å². The van der Waals surface area contributed by atoms with E-state index in [9.17, 15) is 9.90 Å². The van der Waals surface area contributed by atoms with Crippen molar-refractivity contribution >= 4 is 29.2 Å². The molecule has 1 atom stereocenters. The minimum Gasteiger partial charge on any atom is -0.480 e. The smallest absolute Gasteiger partial charge is 0.321 e. The number of hydrogen-bond acceptors (Lipinski definition) is 2. The molecule has 1 saturated heterocycles. The number of piperidine rings is 1. The third kappa shape index (κ3) is 3.27. The Balaban J connectivity index is 2.24. The molecule has 1 aliphatic heterocycles. The van der Waals surface area contributed by atoms with Gasteiger partial charge in [0.2, 0.25) is 0 Å². The van der Waals surface area contributed by atoms with Crippen LogP contribution >= 0.6 is 23.2 Å². The lowest BCUT2D eigenvalue weighted by Gasteiger charge is -2.44. The number of rotatable bonds is 3. The first kappa shape index (κ1) is 15.6. The van der Waals surface area contributed by atoms with Gasteiger partial charge in [-0.2, -0.15) is 0 Å². The molecule has 20 heavy (non-hydrogen) atoms. The summed E-state index contributed by atoms with van der Waals surface area (Å²) in [5.41, 5.74) is 0.684. The maximum absolute atomic E-state index is 11.6. The van der Waals surface area contributed by atoms with Gasteiger partial charge < -0.3 is 5.11 Å². The number of nitrogens with zero attached hydrogens (tertiary/aromatic N) is 1. The van der Waals surface area contributed by atoms with Crippen LogP contribution in [-0.2, 0) is 11.3 Å². The van der Waals surface area contributed by atoms with Crippen LogP contribution in [0.5, 0.6) is 0 Å². The Hall–Kier alpha value is -0.770. The van der Waals surface area contributed by atoms with Crippen LogP contribution in [0, 0.1) is 5.41 Å². The number of carboxylic acid groups (broad SMARTS) is 1. The van der Waals surface area contributed by atoms with Crippen molar-refractivity contribution in [3.8, 4) is 0 Å². The maximum atomic E-state index is 11.6. The van der Waals surface area contributed by atoms with Crippen LogP contribution in [0.15, 0.2) is 18.2 Å². The number of halogens is 2. The summed E-state index contributed by atoms with van der Waals surface area (Å²) in [6.45, 7) is 5.35. The second-order valence-corrected chi connectivity index (χ2v) is 6.88. The Labute approximate surface area is 129 Å². The molecular weight excluding hydrogens is 297 g/mol. The average Bonchev–Trinajstić information content (AvgIpc) is 2.31. The molecule has 3 nitrogen and oxygen atoms in total. The molecule has 0 amide bonds. The number of carbonyl (C=O) groups is 1. The lowest BCUT2D eigenvalue weighted by Crippen LogP contribution is -2.53. The molecule has 1 N–H and O–H groups in total. The summed E-state index contributed by atoms with van der Waals surface area (Å²) in [6.07, 6.45) is 1.93. The van der Waals surface area contributed by atoms with Crippen molar-refractivity contribution in [2.45, 2.75) is 39.3 Å². The number of likely N-dealkylation sites (tertiary alicyclic amines) is 1. The number of benzene rings is 1. The van der Waals surface area contributed by atoms with Gasteiger partial charge in [0.15, 0.2) is 0 Å². The SMILES string of the molecule is CC1(C)CCCN(Cc2ccc(Cl)cc2Cl)C1C(=O)O. The highest BCUT2D eigenvalue weighted by atomic mass is 35.5. The van der Waals surface area contributed by atoms with Crippen molar-refractivity contribution in [2.24, 2.45) is 5.41 Å². The topological polar surface area (TPSA) is 40.5 Å². The maximum Gasteiger partial charge on any atom is 0.321 e. The molecule has 2 rings (SSSR count). The summed E-state index contributed by atoms with van der Waals surface area (Å²) >= 11 is 12.1. The van der Waals surface area contributed by atoms with E-state index in [1.54, 1.807) is 12.1 Å². The summed E-state index contributed by atoms with van der Waals surface area (Å²) in [5.74, 6) is -0.764. The fourth-order valence-electron chi connectivity index (χ4n) is 3.03. The van der Waals surface area contributed by atoms with Crippen LogP contribution in [0.25, 0.3) is 0 Å². The van der Waals surface area contributed by atoms with Crippen molar-refractivity contribution in [2.75, 3.05) is 6.54 Å². The molecular formula is C15H19Cl2NO2. The Kier molecular flexibility index (Phi) is 4.62. The molecule has 5 heteroatoms. The number of carboxylic acids is 1. The molecule has 1 unspecified atom stereocenters. The lowest BCUT2D eigenvalue weighted by molar-refractivity contribution is -0.151. The molecule has 1 fully saturated rings. The van der Waals surface area contributed by atoms with E-state index in [0.29, 0.717) is 16.6 Å². The zero-order valence-corrected chi connectivity index (χ0v) is 13.2. The molecule has 0 aromatic heterocycles. The largest absolute Gasteiger partial charge is 0.480 e. The molecule has 110 valence electrons. The van der Waals surface area contributed by atoms with Gasteiger partial charge in [-0.3, -0.25) is 9.69 Å². The van der Waals surface area contributed by atoms with Gasteiger partial charge in [0.05, 0.1) is 0 Å². The molecule has 1 heterocycles. The van der Waals surface area contributed by atoms with E-state index in [2.05, 4.69) is 0 Å². The van der Waals surface area contributed by atoms with Gasteiger partial charge in [-0.15, -0.1) is 0 Å². The van der Waals surface area contributed by atoms with Crippen LogP contribution in [0.1, 0.15) is 32.3 Å². The van der Waals surface area contributed by atoms with Crippen LogP contribution in [-0.4, -0.2) is 28.6 Å². The van der Waals surface area contributed by atoms with Gasteiger partial charge in [-0.25, -0.2) is 0 Å². The van der Waals surface area contributed by atoms with Crippen LogP contribution in [0.3, 0.4) is 0 Å². The van der Waals surface area contributed by atoms with Crippen LogP contribution < -0.4 is 0 Å². The van der Waals surface area contributed by atoms with Crippen LogP contribution in [0.4, 0.5) is 0 Å². The van der Waals surface area contributed by atoms with E-state index in [-0.39, 0.29) is 5.41 Å². The van der Waals surface area contributed by atoms with Gasteiger partial charge in [0.1, 0.15) is 6.04 Å². The zero-order valence-electron chi connectivity index (χ0n) is 11.7. The summed E-state index contributed by atoms with van der Waals surface area (Å²) in [6, 6.07) is 4.87. The Morgan fingerprint density at radius 3 is 2.75 bits per heavy atom. The van der Waals surface area contributed by atoms with E-state index in [1.807, 2.05) is 24.8 Å². The molecule has 0 radical (unpaired) electrons. The fraction of sp³-hybridized carbons (Fsp3) is 0.533. The van der Waals surface area contributed by atoms with Gasteiger partial charge in [-0.05, 0) is 42.5 Å². The first-order valence-electron chi connectivity index (χ1n) is 6.72. The number of hydrogen-bond donors (Lipinski definition) is 1. The first-order valence-corrected chi connectivity index (χ1v) is 7.47. The molecule has 0 aliphatic carbocycles. The lowest BCUT2D eigenvalue weighted by atomic mass is 9.76. The van der Waals surface area contributed by atoms with Gasteiger partial charge in [0, 0.05) is 16.6 Å². The highest BCUT2D eigenvalue weighted by Crippen LogP contribution is 2.36. The Morgan fingerprint density at radius 2 is 2.15 bits per heavy atom. The van der Waals surface area contributed by atoms with Gasteiger partial charge in [0.25, 0.3) is 0 Å². The highest BCUT2D eigenvalue weighted by molar-refractivity contribution is 6.35. The van der Waals surface area contributed by atoms with Crippen molar-refractivity contribution in [1.29, 1.82) is 0 Å². The molecule has 0 bridgehead atoms. The van der Waals surface area contributed by atoms with Crippen molar-refractivity contribution in [3.05, 3.63) is 33.8 Å². The third-order valence-electron chi connectivity index (χ3n) is 3.99. The standard InChI is InChI=1S/C15H19Cl2NO2/c1-15(2)6-3-7-18(13(15)14(19)20)9-10-4-5-11(16)8-12(10)17/h4-5,8,13H,3,6-7,9H2,1-2H3,(H,19,20). The van der Waals surface area contributed by atoms with E-state index in [4.69, 9.17) is 23.2 Å². The molecule has 1 aromatic carbocycles. The molecule has 1 aliphatic rings. The zero-order chi connectivity index (χ0) is 14.9. The summed E-state index contributed by atoms with van der Waals surface area (Å²) in [5, 5.41) is 10.7. The van der Waals surface area contributed by atoms with E-state index in [1.165, 1.54) is 0 Å². The predicted octanol–water partition coefficient (Wildman–Crippen LogP) is 4.07. The van der Waals surface area contributed by atoms with Crippen LogP contribution in [0.2, 0.25) is 10.0 Å². The predicted molar refractivity (Wildman–Crippen MR) is 81.3 cm³/mol. The molecule has 1 aromatic rings. The highest BCUT2D eigenvalue weighted by Gasteiger charge is 2.42. The normalized spacial score (nSPS) is 22.7. The fourth-order valence-corrected chi connectivity index (χ4v) is 3.50. The molecule has 0 saturated carbocycles. The first-order chi connectivity index (χ1) is 9.31. The quantitative estimate of drug-likeness (QED) is 0.914. The number of aliphatic carboxylic acids is 1. The van der Waals surface area contributed by atoms with E-state index in [0.717, 1.165) is 24.9 Å². The van der Waals surface area contributed by atoms with Crippen molar-refractivity contribution in [1.82, 2.24) is 4.90 Å². The second kappa shape index (κ2) is 5.92. The monoisotopic (exact) mass is 315 g/mol. The second-order valence-electron chi connectivity index (χ2n) is 6.04. The minimum absolute atomic E-state index is 0.233. The average molecular weight is 316 g/mol. The Bertz CT molecular complexity index is 517. The van der Waals surface area contributed by atoms with E-state index >= 15 is 0 Å². The summed E-state index contributed by atoms with van der Waals surface area (Å²) in [7, 11) is 0. The minimum atomic E-state index is -0.764. The van der Waals surface area contributed by atoms with Gasteiger partial charge in [-0.1, -0.05) is 43.1 Å². The van der Waals surface area contributed by atoms with Crippen molar-refractivity contribution in [3.63, 3.8) is 0 Å². The third-order valence-corrected chi connectivity index (χ3v) is 4.58. The van der Waals surface area contributed by atoms with Crippen molar-refractivity contribution < 1.29 is 9.90 Å². The Morgan fingerprint density at radius 1 is 1.45 bits per heavy atom. The summed E-state index contributed by atoms with van der Waals surface area (Å²) < 4.78 is 0. The summed E-state index contributed by atoms with van der Waals surface area (Å²) in [4.78, 5) is 13.6.